The van der Waals surface area contributed by atoms with Gasteiger partial charge in [-0.2, -0.15) is 0 Å². The van der Waals surface area contributed by atoms with Crippen LogP contribution in [0, 0.1) is 6.92 Å². The first kappa shape index (κ1) is 21.4. The van der Waals surface area contributed by atoms with Crippen LogP contribution in [0.25, 0.3) is 22.0 Å². The SMILES string of the molecule is CCCC(C(=O)O)c1c(-c2ccc(C)cc2)c2c3c(ccc2n(CCC)c1=O)CCC3. The number of nitrogens with zero attached hydrogens (tertiary/aromatic N) is 1. The Labute approximate surface area is 183 Å². The fourth-order valence-corrected chi connectivity index (χ4v) is 5.12. The molecule has 0 radical (unpaired) electrons. The highest BCUT2D eigenvalue weighted by atomic mass is 16.4. The lowest BCUT2D eigenvalue weighted by atomic mass is 9.84. The highest BCUT2D eigenvalue weighted by molar-refractivity contribution is 6.01. The molecule has 0 saturated heterocycles. The van der Waals surface area contributed by atoms with Crippen LogP contribution < -0.4 is 5.56 Å². The summed E-state index contributed by atoms with van der Waals surface area (Å²) in [5.74, 6) is -1.72. The number of aliphatic carboxylic acids is 1. The van der Waals surface area contributed by atoms with Crippen LogP contribution in [0.5, 0.6) is 0 Å². The van der Waals surface area contributed by atoms with Gasteiger partial charge in [0, 0.05) is 23.1 Å². The molecule has 4 rings (SSSR count). The van der Waals surface area contributed by atoms with Gasteiger partial charge in [0.1, 0.15) is 0 Å². The second-order valence-electron chi connectivity index (χ2n) is 8.74. The predicted molar refractivity (Wildman–Crippen MR) is 126 cm³/mol. The van der Waals surface area contributed by atoms with E-state index in [1.807, 2.05) is 42.7 Å². The molecule has 1 unspecified atom stereocenters. The number of hydrogen-bond donors (Lipinski definition) is 1. The van der Waals surface area contributed by atoms with E-state index in [2.05, 4.69) is 19.1 Å². The molecule has 1 heterocycles. The quantitative estimate of drug-likeness (QED) is 0.525. The molecule has 0 fully saturated rings. The van der Waals surface area contributed by atoms with Crippen molar-refractivity contribution < 1.29 is 9.90 Å². The molecule has 2 aromatic carbocycles. The minimum absolute atomic E-state index is 0.149. The second kappa shape index (κ2) is 8.70. The van der Waals surface area contributed by atoms with E-state index in [1.54, 1.807) is 0 Å². The van der Waals surface area contributed by atoms with E-state index in [1.165, 1.54) is 11.1 Å². The van der Waals surface area contributed by atoms with Gasteiger partial charge in [-0.3, -0.25) is 9.59 Å². The first-order valence-corrected chi connectivity index (χ1v) is 11.5. The van der Waals surface area contributed by atoms with Crippen molar-refractivity contribution in [2.75, 3.05) is 0 Å². The number of aromatic nitrogens is 1. The average Bonchev–Trinajstić information content (AvgIpc) is 3.23. The van der Waals surface area contributed by atoms with Gasteiger partial charge in [0.2, 0.25) is 0 Å². The van der Waals surface area contributed by atoms with Crippen LogP contribution in [0.4, 0.5) is 0 Å². The molecular weight excluding hydrogens is 386 g/mol. The van der Waals surface area contributed by atoms with Gasteiger partial charge in [0.25, 0.3) is 5.56 Å². The van der Waals surface area contributed by atoms with Gasteiger partial charge in [0.15, 0.2) is 0 Å². The Morgan fingerprint density at radius 1 is 1.06 bits per heavy atom. The number of fused-ring (bicyclic) bond motifs is 3. The van der Waals surface area contributed by atoms with Crippen LogP contribution in [-0.2, 0) is 24.2 Å². The summed E-state index contributed by atoms with van der Waals surface area (Å²) in [5, 5.41) is 11.2. The van der Waals surface area contributed by atoms with Gasteiger partial charge in [-0.1, -0.05) is 56.2 Å². The summed E-state index contributed by atoms with van der Waals surface area (Å²) >= 11 is 0. The summed E-state index contributed by atoms with van der Waals surface area (Å²) in [6, 6.07) is 12.4. The number of hydrogen-bond acceptors (Lipinski definition) is 2. The van der Waals surface area contributed by atoms with Gasteiger partial charge in [-0.05, 0) is 61.8 Å². The van der Waals surface area contributed by atoms with Gasteiger partial charge in [-0.25, -0.2) is 0 Å². The fourth-order valence-electron chi connectivity index (χ4n) is 5.12. The maximum atomic E-state index is 13.9. The zero-order valence-electron chi connectivity index (χ0n) is 18.7. The van der Waals surface area contributed by atoms with Crippen molar-refractivity contribution in [3.63, 3.8) is 0 Å². The number of benzene rings is 2. The third kappa shape index (κ3) is 3.69. The Morgan fingerprint density at radius 2 is 1.81 bits per heavy atom. The lowest BCUT2D eigenvalue weighted by molar-refractivity contribution is -0.139. The van der Waals surface area contributed by atoms with Crippen molar-refractivity contribution in [3.05, 3.63) is 69.0 Å². The van der Waals surface area contributed by atoms with Crippen molar-refractivity contribution in [2.24, 2.45) is 0 Å². The third-order valence-corrected chi connectivity index (χ3v) is 6.56. The van der Waals surface area contributed by atoms with Crippen molar-refractivity contribution in [2.45, 2.75) is 71.8 Å². The summed E-state index contributed by atoms with van der Waals surface area (Å²) in [6.45, 7) is 6.66. The first-order valence-electron chi connectivity index (χ1n) is 11.5. The topological polar surface area (TPSA) is 59.3 Å². The fraction of sp³-hybridized carbons (Fsp3) is 0.407. The molecule has 4 nitrogen and oxygen atoms in total. The van der Waals surface area contributed by atoms with Gasteiger partial charge in [-0.15, -0.1) is 0 Å². The Kier molecular flexibility index (Phi) is 5.99. The molecule has 0 spiro atoms. The highest BCUT2D eigenvalue weighted by Crippen LogP contribution is 2.40. The number of rotatable bonds is 7. The summed E-state index contributed by atoms with van der Waals surface area (Å²) in [5.41, 5.74) is 6.79. The Morgan fingerprint density at radius 3 is 2.45 bits per heavy atom. The number of aryl methyl sites for hydroxylation is 4. The van der Waals surface area contributed by atoms with Crippen LogP contribution >= 0.6 is 0 Å². The smallest absolute Gasteiger partial charge is 0.311 e. The number of carboxylic acid groups (broad SMARTS) is 1. The van der Waals surface area contributed by atoms with E-state index >= 15 is 0 Å². The van der Waals surface area contributed by atoms with E-state index in [0.717, 1.165) is 53.3 Å². The van der Waals surface area contributed by atoms with E-state index in [0.29, 0.717) is 24.9 Å². The highest BCUT2D eigenvalue weighted by Gasteiger charge is 2.30. The molecule has 1 N–H and O–H groups in total. The number of carboxylic acids is 1. The summed E-state index contributed by atoms with van der Waals surface area (Å²) < 4.78 is 1.83. The molecular formula is C27H31NO3. The van der Waals surface area contributed by atoms with Crippen LogP contribution in [0.3, 0.4) is 0 Å². The monoisotopic (exact) mass is 417 g/mol. The Balaban J connectivity index is 2.21. The van der Waals surface area contributed by atoms with Crippen LogP contribution in [0.1, 0.15) is 67.7 Å². The third-order valence-electron chi connectivity index (χ3n) is 6.56. The first-order chi connectivity index (χ1) is 15.0. The maximum Gasteiger partial charge on any atom is 0.311 e. The molecule has 1 aliphatic carbocycles. The molecule has 162 valence electrons. The molecule has 0 bridgehead atoms. The van der Waals surface area contributed by atoms with Crippen molar-refractivity contribution in [1.82, 2.24) is 4.57 Å². The van der Waals surface area contributed by atoms with Gasteiger partial charge < -0.3 is 9.67 Å². The molecule has 1 aliphatic rings. The second-order valence-corrected chi connectivity index (χ2v) is 8.74. The zero-order valence-corrected chi connectivity index (χ0v) is 18.7. The Hall–Kier alpha value is -2.88. The number of pyridine rings is 1. The van der Waals surface area contributed by atoms with E-state index in [9.17, 15) is 14.7 Å². The molecule has 0 saturated carbocycles. The minimum atomic E-state index is -0.915. The largest absolute Gasteiger partial charge is 0.481 e. The van der Waals surface area contributed by atoms with E-state index in [-0.39, 0.29) is 5.56 Å². The molecule has 0 aliphatic heterocycles. The van der Waals surface area contributed by atoms with Crippen LogP contribution in [0.2, 0.25) is 0 Å². The molecule has 4 heteroatoms. The van der Waals surface area contributed by atoms with Crippen molar-refractivity contribution >= 4 is 16.9 Å². The molecule has 0 amide bonds. The number of carbonyl (C=O) groups is 1. The lowest BCUT2D eigenvalue weighted by Gasteiger charge is -2.23. The summed E-state index contributed by atoms with van der Waals surface area (Å²) in [7, 11) is 0. The van der Waals surface area contributed by atoms with Crippen molar-refractivity contribution in [1.29, 1.82) is 0 Å². The van der Waals surface area contributed by atoms with Crippen molar-refractivity contribution in [3.8, 4) is 11.1 Å². The molecule has 1 atom stereocenters. The zero-order chi connectivity index (χ0) is 22.1. The minimum Gasteiger partial charge on any atom is -0.481 e. The summed E-state index contributed by atoms with van der Waals surface area (Å²) in [6.07, 6.45) is 5.10. The lowest BCUT2D eigenvalue weighted by Crippen LogP contribution is -2.30. The van der Waals surface area contributed by atoms with E-state index in [4.69, 9.17) is 0 Å². The van der Waals surface area contributed by atoms with Gasteiger partial charge in [0.05, 0.1) is 11.4 Å². The van der Waals surface area contributed by atoms with Crippen LogP contribution in [0.15, 0.2) is 41.2 Å². The standard InChI is InChI=1S/C27H31NO3/c1-4-7-21(27(30)31)25-23(19-12-10-17(3)11-13-19)24-20-9-6-8-18(20)14-15-22(24)28(16-5-2)26(25)29/h10-15,21H,4-9,16H2,1-3H3,(H,30,31). The van der Waals surface area contributed by atoms with Crippen LogP contribution in [-0.4, -0.2) is 15.6 Å². The maximum absolute atomic E-state index is 13.9. The van der Waals surface area contributed by atoms with Gasteiger partial charge >= 0.3 is 5.97 Å². The molecule has 3 aromatic rings. The Bertz CT molecular complexity index is 1190. The summed E-state index contributed by atoms with van der Waals surface area (Å²) in [4.78, 5) is 26.2. The average molecular weight is 418 g/mol. The molecule has 31 heavy (non-hydrogen) atoms. The molecule has 1 aromatic heterocycles. The predicted octanol–water partition coefficient (Wildman–Crippen LogP) is 5.84. The normalized spacial score (nSPS) is 14.0. The van der Waals surface area contributed by atoms with E-state index < -0.39 is 11.9 Å².